The van der Waals surface area contributed by atoms with E-state index < -0.39 is 11.2 Å². The van der Waals surface area contributed by atoms with Gasteiger partial charge < -0.3 is 45.6 Å². The molecule has 62 heavy (non-hydrogen) atoms. The van der Waals surface area contributed by atoms with Gasteiger partial charge in [-0.2, -0.15) is 0 Å². The number of likely N-dealkylation sites (tertiary alicyclic amines) is 1. The molecule has 4 aliphatic rings. The molecule has 0 aliphatic carbocycles. The van der Waals surface area contributed by atoms with Crippen molar-refractivity contribution in [2.45, 2.75) is 116 Å². The fourth-order valence-corrected chi connectivity index (χ4v) is 8.46. The molecule has 3 fully saturated rings. The molecule has 0 atom stereocenters. The van der Waals surface area contributed by atoms with Gasteiger partial charge in [0.1, 0.15) is 34.9 Å². The molecule has 8 rings (SSSR count). The molecule has 4 aromatic rings. The van der Waals surface area contributed by atoms with Gasteiger partial charge in [-0.25, -0.2) is 9.59 Å². The van der Waals surface area contributed by atoms with Crippen LogP contribution in [0.2, 0.25) is 0 Å². The maximum Gasteiger partial charge on any atom is 0.410 e. The van der Waals surface area contributed by atoms with E-state index in [4.69, 9.17) is 28.4 Å². The Labute approximate surface area is 383 Å². The van der Waals surface area contributed by atoms with E-state index in [9.17, 15) is 9.59 Å². The van der Waals surface area contributed by atoms with Gasteiger partial charge >= 0.3 is 12.2 Å². The van der Waals surface area contributed by atoms with E-state index in [-0.39, 0.29) is 52.2 Å². The molecule has 0 radical (unpaired) electrons. The van der Waals surface area contributed by atoms with Crippen LogP contribution >= 0.6 is 0 Å². The van der Waals surface area contributed by atoms with Crippen LogP contribution in [0.5, 0.6) is 11.5 Å². The number of piperidine rings is 1. The first-order valence-corrected chi connectivity index (χ1v) is 22.0. The second kappa shape index (κ2) is 22.0. The second-order valence-corrected chi connectivity index (χ2v) is 18.4. The van der Waals surface area contributed by atoms with E-state index in [1.165, 1.54) is 32.9 Å². The number of hydrogen-bond acceptors (Lipinski definition) is 8. The van der Waals surface area contributed by atoms with Crippen molar-refractivity contribution in [3.8, 4) is 11.5 Å². The number of carbonyl (C=O) groups is 2. The van der Waals surface area contributed by atoms with Crippen LogP contribution in [-0.2, 0) is 39.4 Å². The maximum absolute atomic E-state index is 12.4. The topological polar surface area (TPSA) is 96.0 Å². The Morgan fingerprint density at radius 2 is 1.05 bits per heavy atom. The zero-order valence-corrected chi connectivity index (χ0v) is 39.4. The molecule has 4 heterocycles. The van der Waals surface area contributed by atoms with Crippen LogP contribution in [0.1, 0.15) is 104 Å². The van der Waals surface area contributed by atoms with Crippen molar-refractivity contribution in [2.75, 3.05) is 52.6 Å². The van der Waals surface area contributed by atoms with Crippen LogP contribution in [0.3, 0.4) is 0 Å². The van der Waals surface area contributed by atoms with Crippen LogP contribution in [-0.4, -0.2) is 98.0 Å². The van der Waals surface area contributed by atoms with Gasteiger partial charge in [-0.1, -0.05) is 66.7 Å². The zero-order valence-electron chi connectivity index (χ0n) is 37.8. The number of fused-ring (bicyclic) bond motifs is 2. The third-order valence-corrected chi connectivity index (χ3v) is 11.5. The molecule has 4 aliphatic heterocycles. The Kier molecular flexibility index (Phi) is 17.3. The molecule has 340 valence electrons. The molecule has 10 nitrogen and oxygen atoms in total. The first kappa shape index (κ1) is 48.9. The van der Waals surface area contributed by atoms with Gasteiger partial charge in [0.15, 0.2) is 0 Å². The van der Waals surface area contributed by atoms with E-state index in [0.29, 0.717) is 19.0 Å². The third-order valence-electron chi connectivity index (χ3n) is 11.5. The normalized spacial score (nSPS) is 18.1. The number of hydrogen-bond donors (Lipinski definition) is 0. The Morgan fingerprint density at radius 3 is 1.55 bits per heavy atom. The summed E-state index contributed by atoms with van der Waals surface area (Å²) in [6.07, 6.45) is 8.59. The van der Waals surface area contributed by atoms with E-state index in [1.807, 2.05) is 46.4 Å². The Hall–Kier alpha value is -4.14. The first-order chi connectivity index (χ1) is 28.8. The van der Waals surface area contributed by atoms with Gasteiger partial charge in [0.25, 0.3) is 0 Å². The number of benzene rings is 4. The van der Waals surface area contributed by atoms with Gasteiger partial charge in [-0.15, -0.1) is 0 Å². The Bertz CT molecular complexity index is 2120. The van der Waals surface area contributed by atoms with Gasteiger partial charge in [0.2, 0.25) is 0 Å². The Balaban J connectivity index is 0.000000227. The predicted molar refractivity (Wildman–Crippen MR) is 243 cm³/mol. The van der Waals surface area contributed by atoms with E-state index in [1.54, 1.807) is 4.90 Å². The molecule has 0 aromatic heterocycles. The van der Waals surface area contributed by atoms with Crippen LogP contribution in [0, 0.1) is 7.43 Å². The number of carbonyl (C=O) groups excluding carboxylic acids is 2. The summed E-state index contributed by atoms with van der Waals surface area (Å²) in [4.78, 5) is 28.3. The monoisotopic (exact) mass is 941 g/mol. The number of ether oxygens (including phenoxy) is 6. The van der Waals surface area contributed by atoms with Crippen LogP contribution in [0.4, 0.5) is 9.59 Å². The predicted octanol–water partition coefficient (Wildman–Crippen LogP) is 11.4. The molecule has 0 bridgehead atoms. The van der Waals surface area contributed by atoms with Crippen LogP contribution in [0.25, 0.3) is 27.1 Å². The summed E-state index contributed by atoms with van der Waals surface area (Å²) in [7, 11) is 0. The maximum atomic E-state index is 12.4. The quantitative estimate of drug-likeness (QED) is 0.139. The first-order valence-electron chi connectivity index (χ1n) is 22.0. The fraction of sp³-hybridized carbons (Fsp3) is 0.510. The van der Waals surface area contributed by atoms with Crippen LogP contribution < -0.4 is 9.47 Å². The molecule has 2 amide bonds. The SMILES string of the molecule is CC(C)(C)OC(=O)N1CC=C(c2ccc(OC3CCOCC3)c3ccccc23)CC1.CC(C)(C)OC(=O)N1CCC(c2ccc(OC3CCOCC3)c3ccccc23)CC1.[CH3-].[Pd]. The summed E-state index contributed by atoms with van der Waals surface area (Å²) in [6, 6.07) is 25.5. The Morgan fingerprint density at radius 1 is 0.581 bits per heavy atom. The van der Waals surface area contributed by atoms with Crippen molar-refractivity contribution >= 4 is 39.3 Å². The minimum absolute atomic E-state index is 0. The third kappa shape index (κ3) is 13.0. The molecule has 0 saturated carbocycles. The van der Waals surface area contributed by atoms with Crippen molar-refractivity contribution in [1.29, 1.82) is 0 Å². The summed E-state index contributed by atoms with van der Waals surface area (Å²) < 4.78 is 34.6. The molecule has 0 unspecified atom stereocenters. The smallest absolute Gasteiger partial charge is 0.410 e. The van der Waals surface area contributed by atoms with Crippen molar-refractivity contribution in [1.82, 2.24) is 9.80 Å². The second-order valence-electron chi connectivity index (χ2n) is 18.4. The average Bonchev–Trinajstić information content (AvgIpc) is 3.24. The molecular weight excluding hydrogens is 875 g/mol. The minimum atomic E-state index is -0.475. The van der Waals surface area contributed by atoms with E-state index >= 15 is 0 Å². The van der Waals surface area contributed by atoms with Gasteiger partial charge in [-0.3, -0.25) is 0 Å². The summed E-state index contributed by atoms with van der Waals surface area (Å²) in [5.74, 6) is 2.34. The van der Waals surface area contributed by atoms with Crippen molar-refractivity contribution in [3.05, 3.63) is 97.4 Å². The number of nitrogens with zero attached hydrogens (tertiary/aromatic N) is 2. The zero-order chi connectivity index (χ0) is 42.3. The van der Waals surface area contributed by atoms with Crippen molar-refractivity contribution in [2.24, 2.45) is 0 Å². The largest absolute Gasteiger partial charge is 0.490 e. The molecule has 0 N–H and O–H groups in total. The molecule has 0 spiro atoms. The van der Waals surface area contributed by atoms with Gasteiger partial charge in [0, 0.05) is 83.1 Å². The average molecular weight is 943 g/mol. The fourth-order valence-electron chi connectivity index (χ4n) is 8.46. The summed E-state index contributed by atoms with van der Waals surface area (Å²) in [6.45, 7) is 17.2. The minimum Gasteiger partial charge on any atom is -0.490 e. The van der Waals surface area contributed by atoms with E-state index in [0.717, 1.165) is 101 Å². The number of rotatable bonds is 6. The molecular formula is C51H67N2O8Pd-. The summed E-state index contributed by atoms with van der Waals surface area (Å²) in [5.41, 5.74) is 2.91. The van der Waals surface area contributed by atoms with Crippen molar-refractivity contribution in [3.63, 3.8) is 0 Å². The van der Waals surface area contributed by atoms with E-state index in [2.05, 4.69) is 78.9 Å². The van der Waals surface area contributed by atoms with Crippen LogP contribution in [0.15, 0.2) is 78.9 Å². The molecule has 4 aromatic carbocycles. The number of amides is 2. The molecule has 3 saturated heterocycles. The van der Waals surface area contributed by atoms with Crippen molar-refractivity contribution < 1.29 is 58.4 Å². The summed E-state index contributed by atoms with van der Waals surface area (Å²) >= 11 is 0. The summed E-state index contributed by atoms with van der Waals surface area (Å²) in [5, 5.41) is 4.77. The van der Waals surface area contributed by atoms with Gasteiger partial charge in [-0.05, 0) is 106 Å². The molecule has 11 heteroatoms. The standard InChI is InChI=1S/C25H33NO4.C25H31NO4.CH3.Pd/c2*1-25(2,3)30-24(27)26-14-10-18(11-15-26)20-8-9-23(22-7-5-4-6-21(20)22)29-19-12-16-28-17-13-19;;/h4-9,18-19H,10-17H2,1-3H3;4-10,19H,11-17H2,1-3H3;1H3;/q;;-1;. The van der Waals surface area contributed by atoms with Gasteiger partial charge in [0.05, 0.1) is 26.4 Å².